The number of nitrogens with one attached hydrogen (secondary N) is 1. The summed E-state index contributed by atoms with van der Waals surface area (Å²) >= 11 is 22.1. The summed E-state index contributed by atoms with van der Waals surface area (Å²) in [4.78, 5) is 13.7. The van der Waals surface area contributed by atoms with Crippen LogP contribution in [-0.4, -0.2) is 33.6 Å². The van der Waals surface area contributed by atoms with Gasteiger partial charge >= 0.3 is 6.03 Å². The van der Waals surface area contributed by atoms with E-state index in [4.69, 9.17) is 51.8 Å². The molecular weight excluding hydrogens is 345 g/mol. The summed E-state index contributed by atoms with van der Waals surface area (Å²) in [6, 6.07) is 6.41. The van der Waals surface area contributed by atoms with Crippen LogP contribution in [0, 0.1) is 0 Å². The van der Waals surface area contributed by atoms with E-state index in [1.165, 1.54) is 17.4 Å². The molecule has 0 aliphatic carbocycles. The van der Waals surface area contributed by atoms with Crippen LogP contribution in [0.2, 0.25) is 0 Å². The molecule has 0 spiro atoms. The SMILES string of the molecule is COc1cccc(N2C(=O)N(C(Cl)(Cl)Cl)NC2C=S)c1. The number of nitrogens with zero attached hydrogens (tertiary/aromatic N) is 2. The van der Waals surface area contributed by atoms with Crippen LogP contribution in [0.5, 0.6) is 5.75 Å². The Balaban J connectivity index is 2.38. The van der Waals surface area contributed by atoms with Crippen LogP contribution in [0.3, 0.4) is 0 Å². The maximum atomic E-state index is 12.4. The second-order valence-electron chi connectivity index (χ2n) is 3.87. The second kappa shape index (κ2) is 5.91. The Morgan fingerprint density at radius 2 is 2.15 bits per heavy atom. The van der Waals surface area contributed by atoms with E-state index in [9.17, 15) is 4.79 Å². The van der Waals surface area contributed by atoms with Crippen molar-refractivity contribution < 1.29 is 9.53 Å². The minimum Gasteiger partial charge on any atom is -0.497 e. The van der Waals surface area contributed by atoms with E-state index in [2.05, 4.69) is 5.43 Å². The molecule has 1 unspecified atom stereocenters. The summed E-state index contributed by atoms with van der Waals surface area (Å²) in [7, 11) is 1.54. The number of carbonyl (C=O) groups excluding carboxylic acids is 1. The topological polar surface area (TPSA) is 44.8 Å². The van der Waals surface area contributed by atoms with Gasteiger partial charge in [0.1, 0.15) is 11.9 Å². The van der Waals surface area contributed by atoms with Crippen LogP contribution < -0.4 is 15.1 Å². The van der Waals surface area contributed by atoms with Gasteiger partial charge in [-0.15, -0.1) is 0 Å². The van der Waals surface area contributed by atoms with Crippen LogP contribution in [0.4, 0.5) is 10.5 Å². The number of hydrogen-bond acceptors (Lipinski definition) is 4. The minimum absolute atomic E-state index is 0.524. The van der Waals surface area contributed by atoms with Crippen molar-refractivity contribution in [3.63, 3.8) is 0 Å². The Kier molecular flexibility index (Phi) is 4.61. The molecule has 1 aliphatic rings. The number of halogens is 3. The lowest BCUT2D eigenvalue weighted by Crippen LogP contribution is -2.45. The van der Waals surface area contributed by atoms with Gasteiger partial charge in [-0.3, -0.25) is 4.90 Å². The fraction of sp³-hybridized carbons (Fsp3) is 0.273. The van der Waals surface area contributed by atoms with E-state index >= 15 is 0 Å². The molecule has 1 heterocycles. The van der Waals surface area contributed by atoms with Crippen LogP contribution in [0.15, 0.2) is 24.3 Å². The van der Waals surface area contributed by atoms with Crippen molar-refractivity contribution in [2.75, 3.05) is 12.0 Å². The molecule has 0 radical (unpaired) electrons. The number of hydrazine groups is 1. The third kappa shape index (κ3) is 2.94. The maximum Gasteiger partial charge on any atom is 0.344 e. The molecule has 1 N–H and O–H groups in total. The Morgan fingerprint density at radius 1 is 1.45 bits per heavy atom. The summed E-state index contributed by atoms with van der Waals surface area (Å²) in [6.45, 7) is 0. The molecule has 0 bridgehead atoms. The highest BCUT2D eigenvalue weighted by atomic mass is 35.6. The zero-order chi connectivity index (χ0) is 14.9. The monoisotopic (exact) mass is 353 g/mol. The van der Waals surface area contributed by atoms with Gasteiger partial charge in [-0.25, -0.2) is 9.80 Å². The number of alkyl halides is 3. The van der Waals surface area contributed by atoms with Gasteiger partial charge in [0.25, 0.3) is 3.92 Å². The average molecular weight is 355 g/mol. The van der Waals surface area contributed by atoms with Gasteiger partial charge in [0, 0.05) is 11.4 Å². The van der Waals surface area contributed by atoms with Gasteiger partial charge in [0.2, 0.25) is 0 Å². The summed E-state index contributed by atoms with van der Waals surface area (Å²) in [5.41, 5.74) is 3.30. The molecule has 1 aromatic carbocycles. The van der Waals surface area contributed by atoms with Crippen LogP contribution in [-0.2, 0) is 0 Å². The normalized spacial score (nSPS) is 19.4. The summed E-state index contributed by atoms with van der Waals surface area (Å²) in [5, 5.41) is 2.26. The molecule has 1 saturated heterocycles. The third-order valence-electron chi connectivity index (χ3n) is 2.65. The van der Waals surface area contributed by atoms with Crippen molar-refractivity contribution in [1.82, 2.24) is 10.4 Å². The average Bonchev–Trinajstić information content (AvgIpc) is 2.75. The number of carbonyl (C=O) groups is 1. The summed E-state index contributed by atoms with van der Waals surface area (Å²) < 4.78 is 3.21. The Morgan fingerprint density at radius 3 is 2.70 bits per heavy atom. The van der Waals surface area contributed by atoms with Crippen LogP contribution in [0.25, 0.3) is 0 Å². The number of urea groups is 1. The van der Waals surface area contributed by atoms with Gasteiger partial charge in [0.15, 0.2) is 0 Å². The van der Waals surface area contributed by atoms with Crippen molar-refractivity contribution in [2.45, 2.75) is 10.1 Å². The molecular formula is C11H10Cl3N3O2S. The van der Waals surface area contributed by atoms with E-state index in [1.54, 1.807) is 24.3 Å². The Hall–Kier alpha value is -0.790. The molecule has 108 valence electrons. The highest BCUT2D eigenvalue weighted by molar-refractivity contribution is 7.79. The first-order chi connectivity index (χ1) is 9.38. The number of rotatable bonds is 3. The van der Waals surface area contributed by atoms with E-state index < -0.39 is 16.1 Å². The van der Waals surface area contributed by atoms with Gasteiger partial charge in [-0.2, -0.15) is 5.43 Å². The van der Waals surface area contributed by atoms with Crippen molar-refractivity contribution in [3.8, 4) is 5.75 Å². The molecule has 5 nitrogen and oxygen atoms in total. The number of amides is 2. The quantitative estimate of drug-likeness (QED) is 0.515. The Bertz CT molecular complexity index is 538. The molecule has 9 heteroatoms. The number of ether oxygens (including phenoxy) is 1. The van der Waals surface area contributed by atoms with Gasteiger partial charge in [0.05, 0.1) is 12.8 Å². The minimum atomic E-state index is -1.92. The molecule has 0 saturated carbocycles. The van der Waals surface area contributed by atoms with Crippen molar-refractivity contribution in [2.24, 2.45) is 0 Å². The number of methoxy groups -OCH3 is 1. The zero-order valence-corrected chi connectivity index (χ0v) is 13.3. The van der Waals surface area contributed by atoms with Crippen molar-refractivity contribution >= 4 is 64.1 Å². The zero-order valence-electron chi connectivity index (χ0n) is 10.2. The third-order valence-corrected chi connectivity index (χ3v) is 3.42. The van der Waals surface area contributed by atoms with E-state index in [1.807, 2.05) is 0 Å². The number of benzene rings is 1. The molecule has 2 rings (SSSR count). The standard InChI is InChI=1S/C11H10Cl3N3O2S/c1-19-8-4-2-3-7(5-8)16-9(6-20)15-17(10(16)18)11(12,13)14/h2-6,9,15H,1H3. The van der Waals surface area contributed by atoms with Gasteiger partial charge in [-0.05, 0) is 12.1 Å². The molecule has 1 fully saturated rings. The Labute approximate surface area is 136 Å². The first kappa shape index (κ1) is 15.6. The molecule has 0 aromatic heterocycles. The van der Waals surface area contributed by atoms with Gasteiger partial charge < -0.3 is 4.74 Å². The molecule has 1 aliphatic heterocycles. The highest BCUT2D eigenvalue weighted by Gasteiger charge is 2.46. The lowest BCUT2D eigenvalue weighted by molar-refractivity contribution is 0.201. The van der Waals surface area contributed by atoms with Crippen LogP contribution in [0.1, 0.15) is 0 Å². The number of hydrogen-bond donors (Lipinski definition) is 1. The summed E-state index contributed by atoms with van der Waals surface area (Å²) in [5.74, 6) is 0.603. The van der Waals surface area contributed by atoms with E-state index in [-0.39, 0.29) is 0 Å². The lowest BCUT2D eigenvalue weighted by atomic mass is 10.2. The fourth-order valence-corrected chi connectivity index (χ4v) is 2.32. The predicted molar refractivity (Wildman–Crippen MR) is 83.6 cm³/mol. The second-order valence-corrected chi connectivity index (χ2v) is 6.36. The first-order valence-electron chi connectivity index (χ1n) is 5.44. The molecule has 2 amide bonds. The number of thiocarbonyl (C=S) groups is 1. The predicted octanol–water partition coefficient (Wildman–Crippen LogP) is 3.10. The fourth-order valence-electron chi connectivity index (χ4n) is 1.78. The molecule has 1 atom stereocenters. The highest BCUT2D eigenvalue weighted by Crippen LogP contribution is 2.35. The van der Waals surface area contributed by atoms with E-state index in [0.717, 1.165) is 5.01 Å². The summed E-state index contributed by atoms with van der Waals surface area (Å²) in [6.07, 6.45) is -0.597. The van der Waals surface area contributed by atoms with E-state index in [0.29, 0.717) is 11.4 Å². The largest absolute Gasteiger partial charge is 0.497 e. The molecule has 20 heavy (non-hydrogen) atoms. The lowest BCUT2D eigenvalue weighted by Gasteiger charge is -2.23. The van der Waals surface area contributed by atoms with Crippen molar-refractivity contribution in [1.29, 1.82) is 0 Å². The van der Waals surface area contributed by atoms with Gasteiger partial charge in [-0.1, -0.05) is 53.1 Å². The molecule has 1 aromatic rings. The number of anilines is 1. The smallest absolute Gasteiger partial charge is 0.344 e. The maximum absolute atomic E-state index is 12.4. The van der Waals surface area contributed by atoms with Crippen molar-refractivity contribution in [3.05, 3.63) is 24.3 Å². The first-order valence-corrected chi connectivity index (χ1v) is 7.04. The van der Waals surface area contributed by atoms with Crippen LogP contribution >= 0.6 is 47.0 Å².